The fourth-order valence-corrected chi connectivity index (χ4v) is 7.15. The van der Waals surface area contributed by atoms with Crippen LogP contribution in [-0.4, -0.2) is 68.7 Å². The third-order valence-electron chi connectivity index (χ3n) is 8.01. The number of rotatable bonds is 7. The number of halogens is 2. The summed E-state index contributed by atoms with van der Waals surface area (Å²) in [6.07, 6.45) is 5.01. The number of benzene rings is 2. The number of piperazine rings is 1. The molecule has 12 heteroatoms. The number of carbonyl (C=O) groups excluding carboxylic acids is 1. The lowest BCUT2D eigenvalue weighted by atomic mass is 9.95. The van der Waals surface area contributed by atoms with Crippen LogP contribution in [0.3, 0.4) is 0 Å². The Morgan fingerprint density at radius 3 is 2.79 bits per heavy atom. The molecule has 0 saturated carbocycles. The maximum absolute atomic E-state index is 13.5. The lowest BCUT2D eigenvalue weighted by Gasteiger charge is -2.32. The summed E-state index contributed by atoms with van der Waals surface area (Å²) in [6.45, 7) is 3.76. The first-order chi connectivity index (χ1) is 20.9. The molecule has 2 aromatic carbocycles. The molecule has 43 heavy (non-hydrogen) atoms. The molecule has 220 valence electrons. The highest BCUT2D eigenvalue weighted by Gasteiger charge is 2.28. The standard InChI is InChI=1S/C31H29ClFN7O2S/c1-38-9-11-39(12-10-38)27(41)16-40-25-7-6-22-28-30(34-18-35-31(28)43-29(22)23(25)15-36-40)37-21-5-8-26(24(32)14-21)42-17-19-3-2-4-20(33)13-19/h2-5,8,13-15,18H,6-7,9-12,16-17H2,1H3,(H,34,35,37). The molecule has 0 bridgehead atoms. The maximum Gasteiger partial charge on any atom is 0.244 e. The van der Waals surface area contributed by atoms with Gasteiger partial charge in [0.25, 0.3) is 0 Å². The van der Waals surface area contributed by atoms with Crippen LogP contribution in [0.4, 0.5) is 15.9 Å². The van der Waals surface area contributed by atoms with Crippen LogP contribution in [-0.2, 0) is 30.8 Å². The Hall–Kier alpha value is -4.06. The molecule has 1 amide bonds. The van der Waals surface area contributed by atoms with Crippen molar-refractivity contribution < 1.29 is 13.9 Å². The largest absolute Gasteiger partial charge is 0.487 e. The Balaban J connectivity index is 1.10. The SMILES string of the molecule is CN1CCN(C(=O)Cn2ncc3c2CCc2c-3sc3ncnc(Nc4ccc(OCc5cccc(F)c5)c(Cl)c4)c23)CC1. The van der Waals surface area contributed by atoms with Gasteiger partial charge in [0.2, 0.25) is 5.91 Å². The Kier molecular flexibility index (Phi) is 7.46. The molecule has 1 aliphatic heterocycles. The number of amides is 1. The van der Waals surface area contributed by atoms with Crippen molar-refractivity contribution in [2.45, 2.75) is 26.0 Å². The number of aryl methyl sites for hydroxylation is 1. The van der Waals surface area contributed by atoms with Gasteiger partial charge in [0.05, 0.1) is 16.6 Å². The van der Waals surface area contributed by atoms with Crippen LogP contribution in [0.2, 0.25) is 5.02 Å². The van der Waals surface area contributed by atoms with Gasteiger partial charge in [0.1, 0.15) is 41.7 Å². The first kappa shape index (κ1) is 27.8. The highest BCUT2D eigenvalue weighted by Crippen LogP contribution is 2.45. The van der Waals surface area contributed by atoms with E-state index in [0.717, 1.165) is 76.6 Å². The second-order valence-corrected chi connectivity index (χ2v) is 12.3. The summed E-state index contributed by atoms with van der Waals surface area (Å²) in [5, 5.41) is 9.47. The summed E-state index contributed by atoms with van der Waals surface area (Å²) in [4.78, 5) is 28.4. The van der Waals surface area contributed by atoms with Gasteiger partial charge >= 0.3 is 0 Å². The number of thiophene rings is 1. The summed E-state index contributed by atoms with van der Waals surface area (Å²) in [6, 6.07) is 11.7. The molecule has 5 aromatic rings. The number of nitrogens with zero attached hydrogens (tertiary/aromatic N) is 6. The number of likely N-dealkylation sites (N-methyl/N-ethyl adjacent to an activating group) is 1. The van der Waals surface area contributed by atoms with Gasteiger partial charge in [-0.3, -0.25) is 9.48 Å². The van der Waals surface area contributed by atoms with Crippen molar-refractivity contribution in [1.29, 1.82) is 0 Å². The topological polar surface area (TPSA) is 88.4 Å². The molecule has 0 radical (unpaired) electrons. The van der Waals surface area contributed by atoms with Crippen LogP contribution in [0.25, 0.3) is 20.7 Å². The minimum atomic E-state index is -0.306. The smallest absolute Gasteiger partial charge is 0.244 e. The van der Waals surface area contributed by atoms with E-state index in [1.54, 1.807) is 41.9 Å². The van der Waals surface area contributed by atoms with E-state index in [0.29, 0.717) is 16.6 Å². The van der Waals surface area contributed by atoms with Crippen LogP contribution in [0.1, 0.15) is 16.8 Å². The fourth-order valence-electron chi connectivity index (χ4n) is 5.69. The van der Waals surface area contributed by atoms with Crippen molar-refractivity contribution in [2.75, 3.05) is 38.5 Å². The lowest BCUT2D eigenvalue weighted by molar-refractivity contribution is -0.133. The molecule has 1 aliphatic carbocycles. The van der Waals surface area contributed by atoms with Gasteiger partial charge in [-0.25, -0.2) is 14.4 Å². The maximum atomic E-state index is 13.5. The van der Waals surface area contributed by atoms with Gasteiger partial charge in [-0.05, 0) is 61.3 Å². The number of anilines is 2. The molecule has 0 atom stereocenters. The Bertz CT molecular complexity index is 1830. The zero-order valence-electron chi connectivity index (χ0n) is 23.5. The van der Waals surface area contributed by atoms with Crippen LogP contribution in [0.5, 0.6) is 5.75 Å². The Morgan fingerprint density at radius 1 is 1.12 bits per heavy atom. The van der Waals surface area contributed by atoms with Gasteiger partial charge in [-0.15, -0.1) is 11.3 Å². The molecule has 1 N–H and O–H groups in total. The molecule has 1 fully saturated rings. The quantitative estimate of drug-likeness (QED) is 0.256. The summed E-state index contributed by atoms with van der Waals surface area (Å²) < 4.78 is 21.2. The molecule has 0 unspecified atom stereocenters. The Labute approximate surface area is 256 Å². The van der Waals surface area contributed by atoms with E-state index >= 15 is 0 Å². The number of nitrogens with one attached hydrogen (secondary N) is 1. The highest BCUT2D eigenvalue weighted by atomic mass is 35.5. The monoisotopic (exact) mass is 617 g/mol. The summed E-state index contributed by atoms with van der Waals surface area (Å²) in [7, 11) is 2.08. The summed E-state index contributed by atoms with van der Waals surface area (Å²) in [5.74, 6) is 1.02. The van der Waals surface area contributed by atoms with Crippen LogP contribution in [0, 0.1) is 5.82 Å². The normalized spacial score (nSPS) is 14.9. The number of aromatic nitrogens is 4. The highest BCUT2D eigenvalue weighted by molar-refractivity contribution is 7.22. The fraction of sp³-hybridized carbons (Fsp3) is 0.290. The van der Waals surface area contributed by atoms with E-state index in [-0.39, 0.29) is 24.9 Å². The van der Waals surface area contributed by atoms with Gasteiger partial charge in [0, 0.05) is 48.0 Å². The average molecular weight is 618 g/mol. The zero-order chi connectivity index (χ0) is 29.5. The van der Waals surface area contributed by atoms with Crippen molar-refractivity contribution >= 4 is 50.6 Å². The molecule has 1 saturated heterocycles. The van der Waals surface area contributed by atoms with Crippen LogP contribution >= 0.6 is 22.9 Å². The molecule has 2 aliphatic rings. The molecule has 7 rings (SSSR count). The minimum Gasteiger partial charge on any atom is -0.487 e. The summed E-state index contributed by atoms with van der Waals surface area (Å²) >= 11 is 8.17. The number of ether oxygens (including phenoxy) is 1. The van der Waals surface area contributed by atoms with E-state index in [4.69, 9.17) is 16.3 Å². The van der Waals surface area contributed by atoms with Crippen molar-refractivity contribution in [2.24, 2.45) is 0 Å². The molecule has 3 aromatic heterocycles. The van der Waals surface area contributed by atoms with Gasteiger partial charge in [-0.1, -0.05) is 23.7 Å². The van der Waals surface area contributed by atoms with E-state index in [1.807, 2.05) is 21.8 Å². The molecular weight excluding hydrogens is 589 g/mol. The number of fused-ring (bicyclic) bond motifs is 5. The van der Waals surface area contributed by atoms with Gasteiger partial charge < -0.3 is 19.9 Å². The third-order valence-corrected chi connectivity index (χ3v) is 9.48. The molecule has 4 heterocycles. The van der Waals surface area contributed by atoms with Crippen LogP contribution < -0.4 is 10.1 Å². The van der Waals surface area contributed by atoms with E-state index < -0.39 is 0 Å². The zero-order valence-corrected chi connectivity index (χ0v) is 25.1. The van der Waals surface area contributed by atoms with E-state index in [1.165, 1.54) is 17.7 Å². The van der Waals surface area contributed by atoms with Gasteiger partial charge in [0.15, 0.2) is 0 Å². The number of hydrogen-bond acceptors (Lipinski definition) is 8. The minimum absolute atomic E-state index is 0.113. The van der Waals surface area contributed by atoms with Gasteiger partial charge in [-0.2, -0.15) is 5.10 Å². The first-order valence-electron chi connectivity index (χ1n) is 14.1. The first-order valence-corrected chi connectivity index (χ1v) is 15.3. The average Bonchev–Trinajstić information content (AvgIpc) is 3.59. The van der Waals surface area contributed by atoms with E-state index in [2.05, 4.69) is 32.3 Å². The van der Waals surface area contributed by atoms with Crippen molar-refractivity contribution in [3.63, 3.8) is 0 Å². The summed E-state index contributed by atoms with van der Waals surface area (Å²) in [5.41, 5.74) is 4.81. The second-order valence-electron chi connectivity index (χ2n) is 10.8. The number of hydrogen-bond donors (Lipinski definition) is 1. The molecule has 0 spiro atoms. The number of carbonyl (C=O) groups is 1. The Morgan fingerprint density at radius 2 is 1.98 bits per heavy atom. The predicted molar refractivity (Wildman–Crippen MR) is 166 cm³/mol. The molecule has 9 nitrogen and oxygen atoms in total. The van der Waals surface area contributed by atoms with Crippen LogP contribution in [0.15, 0.2) is 55.0 Å². The third kappa shape index (κ3) is 5.55. The van der Waals surface area contributed by atoms with Crippen molar-refractivity contribution in [3.8, 4) is 16.2 Å². The van der Waals surface area contributed by atoms with Crippen molar-refractivity contribution in [3.05, 3.63) is 82.6 Å². The molecular formula is C31H29ClFN7O2S. The predicted octanol–water partition coefficient (Wildman–Crippen LogP) is 5.54. The van der Waals surface area contributed by atoms with E-state index in [9.17, 15) is 9.18 Å². The second kappa shape index (κ2) is 11.6. The lowest BCUT2D eigenvalue weighted by Crippen LogP contribution is -2.48. The van der Waals surface area contributed by atoms with Crippen molar-refractivity contribution in [1.82, 2.24) is 29.5 Å².